The first kappa shape index (κ1) is 19.5. The Labute approximate surface area is 142 Å². The van der Waals surface area contributed by atoms with Crippen molar-refractivity contribution in [1.82, 2.24) is 10.2 Å². The van der Waals surface area contributed by atoms with Crippen molar-refractivity contribution in [2.24, 2.45) is 17.3 Å². The summed E-state index contributed by atoms with van der Waals surface area (Å²) in [7, 11) is 0. The molecule has 3 fully saturated rings. The first-order valence-electron chi connectivity index (χ1n) is 8.36. The second-order valence-electron chi connectivity index (χ2n) is 7.23. The van der Waals surface area contributed by atoms with E-state index >= 15 is 0 Å². The molecule has 1 aliphatic carbocycles. The molecule has 0 aromatic heterocycles. The second kappa shape index (κ2) is 8.93. The van der Waals surface area contributed by atoms with Crippen LogP contribution in [0.15, 0.2) is 0 Å². The molecule has 0 aromatic rings. The first-order valence-corrected chi connectivity index (χ1v) is 8.36. The van der Waals surface area contributed by atoms with Gasteiger partial charge in [-0.05, 0) is 31.3 Å². The molecule has 1 saturated carbocycles. The maximum absolute atomic E-state index is 9.73. The van der Waals surface area contributed by atoms with Gasteiger partial charge in [-0.15, -0.1) is 24.8 Å². The molecule has 2 atom stereocenters. The van der Waals surface area contributed by atoms with Crippen molar-refractivity contribution in [2.75, 3.05) is 39.3 Å². The molecule has 2 N–H and O–H groups in total. The van der Waals surface area contributed by atoms with Crippen LogP contribution in [0.5, 0.6) is 0 Å². The zero-order valence-corrected chi connectivity index (χ0v) is 14.7. The molecule has 3 aliphatic rings. The molecule has 126 valence electrons. The van der Waals surface area contributed by atoms with Crippen LogP contribution in [0, 0.1) is 17.3 Å². The highest BCUT2D eigenvalue weighted by Crippen LogP contribution is 2.38. The van der Waals surface area contributed by atoms with Gasteiger partial charge in [-0.25, -0.2) is 0 Å². The number of likely N-dealkylation sites (tertiary alicyclic amines) is 1. The van der Waals surface area contributed by atoms with E-state index in [1.165, 1.54) is 58.0 Å². The predicted molar refractivity (Wildman–Crippen MR) is 92.6 cm³/mol. The number of aliphatic hydroxyl groups is 1. The Morgan fingerprint density at radius 3 is 2.43 bits per heavy atom. The van der Waals surface area contributed by atoms with Gasteiger partial charge in [-0.3, -0.25) is 0 Å². The average molecular weight is 339 g/mol. The van der Waals surface area contributed by atoms with Crippen LogP contribution in [0.1, 0.15) is 44.9 Å². The third kappa shape index (κ3) is 4.48. The van der Waals surface area contributed by atoms with Gasteiger partial charge in [0, 0.05) is 25.0 Å². The summed E-state index contributed by atoms with van der Waals surface area (Å²) in [4.78, 5) is 2.63. The monoisotopic (exact) mass is 338 g/mol. The maximum atomic E-state index is 9.73. The first-order chi connectivity index (χ1) is 9.32. The van der Waals surface area contributed by atoms with Crippen molar-refractivity contribution in [3.8, 4) is 0 Å². The molecular weight excluding hydrogens is 307 g/mol. The Hall–Kier alpha value is 0.460. The largest absolute Gasteiger partial charge is 0.396 e. The molecule has 2 saturated heterocycles. The van der Waals surface area contributed by atoms with Gasteiger partial charge in [-0.2, -0.15) is 0 Å². The number of nitrogens with zero attached hydrogens (tertiary/aromatic N) is 1. The van der Waals surface area contributed by atoms with Gasteiger partial charge in [0.25, 0.3) is 0 Å². The molecule has 5 heteroatoms. The Kier molecular flexibility index (Phi) is 8.29. The summed E-state index contributed by atoms with van der Waals surface area (Å²) in [6.45, 7) is 6.09. The lowest BCUT2D eigenvalue weighted by atomic mass is 9.82. The van der Waals surface area contributed by atoms with E-state index in [4.69, 9.17) is 0 Å². The van der Waals surface area contributed by atoms with Crippen LogP contribution in [-0.2, 0) is 0 Å². The summed E-state index contributed by atoms with van der Waals surface area (Å²) in [5.41, 5.74) is 0.184. The fraction of sp³-hybridized carbons (Fsp3) is 1.00. The normalized spacial score (nSPS) is 33.9. The highest BCUT2D eigenvalue weighted by Gasteiger charge is 2.48. The average Bonchev–Trinajstić information content (AvgIpc) is 2.83. The minimum atomic E-state index is 0. The highest BCUT2D eigenvalue weighted by atomic mass is 35.5. The van der Waals surface area contributed by atoms with Crippen molar-refractivity contribution in [3.05, 3.63) is 0 Å². The van der Waals surface area contributed by atoms with E-state index in [1.54, 1.807) is 0 Å². The topological polar surface area (TPSA) is 35.5 Å². The summed E-state index contributed by atoms with van der Waals surface area (Å²) < 4.78 is 0. The van der Waals surface area contributed by atoms with Crippen LogP contribution in [0.2, 0.25) is 0 Å². The molecule has 2 unspecified atom stereocenters. The van der Waals surface area contributed by atoms with Crippen LogP contribution in [0.3, 0.4) is 0 Å². The van der Waals surface area contributed by atoms with Crippen molar-refractivity contribution in [1.29, 1.82) is 0 Å². The van der Waals surface area contributed by atoms with Gasteiger partial charge in [0.2, 0.25) is 0 Å². The molecule has 0 amide bonds. The number of hydrogen-bond donors (Lipinski definition) is 2. The molecule has 0 bridgehead atoms. The third-order valence-corrected chi connectivity index (χ3v) is 5.89. The van der Waals surface area contributed by atoms with Crippen LogP contribution in [0.25, 0.3) is 0 Å². The van der Waals surface area contributed by atoms with Gasteiger partial charge in [0.15, 0.2) is 0 Å². The standard InChI is InChI=1S/C16H30N2O.2ClH/c19-13-16-11-17-9-15(16)10-18(12-16)8-7-14-5-3-1-2-4-6-14;;/h14-15,17,19H,1-13H2;2*1H. The number of fused-ring (bicyclic) bond motifs is 1. The summed E-state index contributed by atoms with van der Waals surface area (Å²) >= 11 is 0. The Morgan fingerprint density at radius 2 is 1.81 bits per heavy atom. The molecule has 2 aliphatic heterocycles. The van der Waals surface area contributed by atoms with E-state index < -0.39 is 0 Å². The van der Waals surface area contributed by atoms with Crippen molar-refractivity contribution >= 4 is 24.8 Å². The Morgan fingerprint density at radius 1 is 1.10 bits per heavy atom. The summed E-state index contributed by atoms with van der Waals surface area (Å²) in [6, 6.07) is 0. The van der Waals surface area contributed by atoms with Crippen LogP contribution in [-0.4, -0.2) is 49.3 Å². The third-order valence-electron chi connectivity index (χ3n) is 5.89. The molecule has 2 heterocycles. The molecule has 0 aromatic carbocycles. The summed E-state index contributed by atoms with van der Waals surface area (Å²) in [6.07, 6.45) is 10.1. The van der Waals surface area contributed by atoms with Gasteiger partial charge < -0.3 is 15.3 Å². The lowest BCUT2D eigenvalue weighted by molar-refractivity contribution is 0.123. The Balaban J connectivity index is 0.00000110. The van der Waals surface area contributed by atoms with E-state index in [2.05, 4.69) is 10.2 Å². The number of halogens is 2. The van der Waals surface area contributed by atoms with Gasteiger partial charge >= 0.3 is 0 Å². The van der Waals surface area contributed by atoms with Crippen molar-refractivity contribution in [2.45, 2.75) is 44.9 Å². The van der Waals surface area contributed by atoms with Crippen LogP contribution in [0.4, 0.5) is 0 Å². The summed E-state index contributed by atoms with van der Waals surface area (Å²) in [5, 5.41) is 13.2. The van der Waals surface area contributed by atoms with E-state index in [1.807, 2.05) is 0 Å². The van der Waals surface area contributed by atoms with E-state index in [0.717, 1.165) is 25.6 Å². The fourth-order valence-electron chi connectivity index (χ4n) is 4.54. The van der Waals surface area contributed by atoms with Crippen molar-refractivity contribution in [3.63, 3.8) is 0 Å². The minimum Gasteiger partial charge on any atom is -0.396 e. The van der Waals surface area contributed by atoms with Crippen LogP contribution >= 0.6 is 24.8 Å². The molecule has 0 radical (unpaired) electrons. The second-order valence-corrected chi connectivity index (χ2v) is 7.23. The van der Waals surface area contributed by atoms with E-state index in [9.17, 15) is 5.11 Å². The number of nitrogens with one attached hydrogen (secondary N) is 1. The molecule has 0 spiro atoms. The van der Waals surface area contributed by atoms with Gasteiger partial charge in [-0.1, -0.05) is 38.5 Å². The fourth-order valence-corrected chi connectivity index (χ4v) is 4.54. The lowest BCUT2D eigenvalue weighted by Crippen LogP contribution is -2.36. The molecule has 3 nitrogen and oxygen atoms in total. The quantitative estimate of drug-likeness (QED) is 0.773. The minimum absolute atomic E-state index is 0. The van der Waals surface area contributed by atoms with Gasteiger partial charge in [0.1, 0.15) is 0 Å². The van der Waals surface area contributed by atoms with Gasteiger partial charge in [0.05, 0.1) is 6.61 Å². The smallest absolute Gasteiger partial charge is 0.0515 e. The van der Waals surface area contributed by atoms with Crippen molar-refractivity contribution < 1.29 is 5.11 Å². The number of aliphatic hydroxyl groups excluding tert-OH is 1. The van der Waals surface area contributed by atoms with Crippen LogP contribution < -0.4 is 5.32 Å². The Bertz CT molecular complexity index is 298. The SMILES string of the molecule is Cl.Cl.OCC12CNCC1CN(CCC1CCCCCC1)C2. The lowest BCUT2D eigenvalue weighted by Gasteiger charge is -2.26. The number of rotatable bonds is 4. The number of hydrogen-bond acceptors (Lipinski definition) is 3. The highest BCUT2D eigenvalue weighted by molar-refractivity contribution is 5.85. The zero-order valence-electron chi connectivity index (χ0n) is 13.1. The zero-order chi connectivity index (χ0) is 13.1. The van der Waals surface area contributed by atoms with E-state index in [0.29, 0.717) is 12.5 Å². The molecular formula is C16H32Cl2N2O. The molecule has 3 rings (SSSR count). The predicted octanol–water partition coefficient (Wildman–Crippen LogP) is 2.70. The molecule has 21 heavy (non-hydrogen) atoms. The maximum Gasteiger partial charge on any atom is 0.0515 e. The van der Waals surface area contributed by atoms with E-state index in [-0.39, 0.29) is 30.2 Å². The summed E-state index contributed by atoms with van der Waals surface area (Å²) in [5.74, 6) is 1.66.